The summed E-state index contributed by atoms with van der Waals surface area (Å²) in [6.45, 7) is 4.14. The van der Waals surface area contributed by atoms with Gasteiger partial charge in [0.1, 0.15) is 11.5 Å². The minimum absolute atomic E-state index is 0.0277. The van der Waals surface area contributed by atoms with Gasteiger partial charge in [0.2, 0.25) is 0 Å². The van der Waals surface area contributed by atoms with E-state index in [1.807, 2.05) is 24.3 Å². The zero-order chi connectivity index (χ0) is 23.7. The summed E-state index contributed by atoms with van der Waals surface area (Å²) in [7, 11) is 0. The van der Waals surface area contributed by atoms with Crippen LogP contribution in [0.5, 0.6) is 0 Å². The van der Waals surface area contributed by atoms with Crippen LogP contribution < -0.4 is 0 Å². The molecule has 8 heteroatoms. The molecule has 3 aromatic rings. The van der Waals surface area contributed by atoms with Gasteiger partial charge in [0.25, 0.3) is 17.4 Å². The predicted molar refractivity (Wildman–Crippen MR) is 120 cm³/mol. The van der Waals surface area contributed by atoms with Gasteiger partial charge in [0, 0.05) is 17.7 Å². The van der Waals surface area contributed by atoms with E-state index in [0.29, 0.717) is 17.2 Å². The number of benzene rings is 2. The molecule has 1 N–H and O–H groups in total. The number of rotatable bonds is 6. The molecule has 2 aromatic carbocycles. The van der Waals surface area contributed by atoms with Crippen LogP contribution >= 0.6 is 0 Å². The van der Waals surface area contributed by atoms with Gasteiger partial charge >= 0.3 is 0 Å². The molecule has 2 heterocycles. The van der Waals surface area contributed by atoms with Crippen LogP contribution in [0.15, 0.2) is 76.9 Å². The Balaban J connectivity index is 1.86. The third kappa shape index (κ3) is 4.15. The maximum absolute atomic E-state index is 13.1. The largest absolute Gasteiger partial charge is 0.507 e. The quantitative estimate of drug-likeness (QED) is 0.189. The Bertz CT molecular complexity index is 1240. The minimum Gasteiger partial charge on any atom is -0.507 e. The average molecular weight is 446 g/mol. The molecule has 0 radical (unpaired) electrons. The van der Waals surface area contributed by atoms with Crippen molar-refractivity contribution in [3.63, 3.8) is 0 Å². The highest BCUT2D eigenvalue weighted by atomic mass is 16.6. The van der Waals surface area contributed by atoms with Gasteiger partial charge in [-0.05, 0) is 29.2 Å². The number of likely N-dealkylation sites (tertiary alicyclic amines) is 1. The first-order chi connectivity index (χ1) is 15.8. The topological polar surface area (TPSA) is 114 Å². The number of hydrogen-bond acceptors (Lipinski definition) is 6. The molecule has 8 nitrogen and oxygen atoms in total. The Morgan fingerprint density at radius 3 is 2.45 bits per heavy atom. The van der Waals surface area contributed by atoms with Crippen LogP contribution in [0.4, 0.5) is 5.69 Å². The fourth-order valence-corrected chi connectivity index (χ4v) is 3.95. The standard InChI is InChI=1S/C25H22N2O6/c1-15(2)16-8-10-17(11-9-16)22-21(23(28)18-5-3-6-19(13-18)27(31)32)24(29)25(30)26(22)14-20-7-4-12-33-20/h3-13,15,22,28H,14H2,1-2H3. The van der Waals surface area contributed by atoms with Crippen molar-refractivity contribution < 1.29 is 24.0 Å². The van der Waals surface area contributed by atoms with E-state index in [2.05, 4.69) is 13.8 Å². The maximum Gasteiger partial charge on any atom is 0.296 e. The number of aliphatic hydroxyl groups is 1. The van der Waals surface area contributed by atoms with E-state index in [0.717, 1.165) is 5.56 Å². The number of furan rings is 1. The molecule has 1 unspecified atom stereocenters. The lowest BCUT2D eigenvalue weighted by Crippen LogP contribution is -2.29. The summed E-state index contributed by atoms with van der Waals surface area (Å²) in [6.07, 6.45) is 1.47. The van der Waals surface area contributed by atoms with Gasteiger partial charge < -0.3 is 14.4 Å². The molecule has 33 heavy (non-hydrogen) atoms. The van der Waals surface area contributed by atoms with E-state index in [9.17, 15) is 24.8 Å². The number of aliphatic hydroxyl groups excluding tert-OH is 1. The van der Waals surface area contributed by atoms with Crippen molar-refractivity contribution >= 4 is 23.1 Å². The zero-order valence-electron chi connectivity index (χ0n) is 18.1. The van der Waals surface area contributed by atoms with Gasteiger partial charge in [0.15, 0.2) is 0 Å². The Kier molecular flexibility index (Phi) is 5.83. The average Bonchev–Trinajstić information content (AvgIpc) is 3.41. The molecule has 1 atom stereocenters. The number of nitrogens with zero attached hydrogens (tertiary/aromatic N) is 2. The first-order valence-electron chi connectivity index (χ1n) is 10.4. The third-order valence-electron chi connectivity index (χ3n) is 5.70. The van der Waals surface area contributed by atoms with Crippen LogP contribution in [0, 0.1) is 10.1 Å². The molecular formula is C25H22N2O6. The number of carbonyl (C=O) groups is 2. The number of Topliss-reactive ketones (excluding diaryl/α,β-unsaturated/α-hetero) is 1. The van der Waals surface area contributed by atoms with E-state index in [-0.39, 0.29) is 23.4 Å². The minimum atomic E-state index is -0.879. The van der Waals surface area contributed by atoms with Crippen molar-refractivity contribution in [3.8, 4) is 0 Å². The number of carbonyl (C=O) groups excluding carboxylic acids is 2. The normalized spacial score (nSPS) is 17.7. The summed E-state index contributed by atoms with van der Waals surface area (Å²) < 4.78 is 5.38. The van der Waals surface area contributed by atoms with Crippen molar-refractivity contribution in [3.05, 3.63) is 105 Å². The molecule has 1 aliphatic heterocycles. The summed E-state index contributed by atoms with van der Waals surface area (Å²) in [6, 6.07) is 15.3. The molecular weight excluding hydrogens is 424 g/mol. The summed E-state index contributed by atoms with van der Waals surface area (Å²) in [4.78, 5) is 38.0. The number of amides is 1. The monoisotopic (exact) mass is 446 g/mol. The van der Waals surface area contributed by atoms with Crippen LogP contribution in [0.3, 0.4) is 0 Å². The van der Waals surface area contributed by atoms with Gasteiger partial charge in [-0.2, -0.15) is 0 Å². The highest BCUT2D eigenvalue weighted by Crippen LogP contribution is 2.41. The molecule has 1 saturated heterocycles. The number of non-ortho nitro benzene ring substituents is 1. The Morgan fingerprint density at radius 1 is 1.12 bits per heavy atom. The lowest BCUT2D eigenvalue weighted by Gasteiger charge is -2.25. The molecule has 0 bridgehead atoms. The molecule has 1 fully saturated rings. The summed E-state index contributed by atoms with van der Waals surface area (Å²) in [5.41, 5.74) is 1.45. The second-order valence-electron chi connectivity index (χ2n) is 8.14. The Hall–Kier alpha value is -4.20. The SMILES string of the molecule is CC(C)c1ccc(C2C(=C(O)c3cccc([N+](=O)[O-])c3)C(=O)C(=O)N2Cc2ccco2)cc1. The number of nitro benzene ring substituents is 1. The van der Waals surface area contributed by atoms with Crippen molar-refractivity contribution in [1.82, 2.24) is 4.90 Å². The van der Waals surface area contributed by atoms with Gasteiger partial charge in [-0.3, -0.25) is 19.7 Å². The number of ketones is 1. The lowest BCUT2D eigenvalue weighted by atomic mass is 9.93. The highest BCUT2D eigenvalue weighted by Gasteiger charge is 2.46. The van der Waals surface area contributed by atoms with Crippen LogP contribution in [-0.4, -0.2) is 26.6 Å². The van der Waals surface area contributed by atoms with E-state index in [4.69, 9.17) is 4.42 Å². The first kappa shape index (κ1) is 22.0. The third-order valence-corrected chi connectivity index (χ3v) is 5.70. The van der Waals surface area contributed by atoms with Crippen molar-refractivity contribution in [2.45, 2.75) is 32.4 Å². The molecule has 0 saturated carbocycles. The molecule has 1 aromatic heterocycles. The van der Waals surface area contributed by atoms with Gasteiger partial charge in [0.05, 0.1) is 29.3 Å². The predicted octanol–water partition coefficient (Wildman–Crippen LogP) is 4.93. The summed E-state index contributed by atoms with van der Waals surface area (Å²) >= 11 is 0. The molecule has 0 spiro atoms. The maximum atomic E-state index is 13.1. The van der Waals surface area contributed by atoms with Crippen LogP contribution in [0.1, 0.15) is 48.3 Å². The van der Waals surface area contributed by atoms with E-state index >= 15 is 0 Å². The molecule has 4 rings (SSSR count). The van der Waals surface area contributed by atoms with Gasteiger partial charge in [-0.25, -0.2) is 0 Å². The number of hydrogen-bond donors (Lipinski definition) is 1. The van der Waals surface area contributed by atoms with Crippen LogP contribution in [0.25, 0.3) is 5.76 Å². The van der Waals surface area contributed by atoms with E-state index < -0.39 is 28.4 Å². The lowest BCUT2D eigenvalue weighted by molar-refractivity contribution is -0.384. The molecule has 168 valence electrons. The van der Waals surface area contributed by atoms with Gasteiger partial charge in [-0.15, -0.1) is 0 Å². The smallest absolute Gasteiger partial charge is 0.296 e. The molecule has 0 aliphatic carbocycles. The first-order valence-corrected chi connectivity index (χ1v) is 10.4. The molecule has 1 amide bonds. The molecule has 1 aliphatic rings. The van der Waals surface area contributed by atoms with Crippen molar-refractivity contribution in [2.24, 2.45) is 0 Å². The number of nitro groups is 1. The fraction of sp³-hybridized carbons (Fsp3) is 0.200. The Labute approximate surface area is 189 Å². The van der Waals surface area contributed by atoms with Crippen LogP contribution in [-0.2, 0) is 16.1 Å². The second-order valence-corrected chi connectivity index (χ2v) is 8.14. The summed E-state index contributed by atoms with van der Waals surface area (Å²) in [5.74, 6) is -1.33. The second kappa shape index (κ2) is 8.74. The van der Waals surface area contributed by atoms with Gasteiger partial charge in [-0.1, -0.05) is 50.2 Å². The zero-order valence-corrected chi connectivity index (χ0v) is 18.1. The van der Waals surface area contributed by atoms with E-state index in [1.165, 1.54) is 35.4 Å². The summed E-state index contributed by atoms with van der Waals surface area (Å²) in [5, 5.41) is 22.3. The van der Waals surface area contributed by atoms with Crippen molar-refractivity contribution in [1.29, 1.82) is 0 Å². The highest BCUT2D eigenvalue weighted by molar-refractivity contribution is 6.46. The fourth-order valence-electron chi connectivity index (χ4n) is 3.95. The van der Waals surface area contributed by atoms with Crippen molar-refractivity contribution in [2.75, 3.05) is 0 Å². The van der Waals surface area contributed by atoms with E-state index in [1.54, 1.807) is 12.1 Å². The Morgan fingerprint density at radius 2 is 1.85 bits per heavy atom. The van der Waals surface area contributed by atoms with Crippen LogP contribution in [0.2, 0.25) is 0 Å².